The number of ketones is 1. The van der Waals surface area contributed by atoms with Crippen LogP contribution in [0.4, 0.5) is 0 Å². The second-order valence-corrected chi connectivity index (χ2v) is 5.78. The minimum atomic E-state index is -3.20. The highest BCUT2D eigenvalue weighted by Gasteiger charge is 2.27. The van der Waals surface area contributed by atoms with Crippen LogP contribution in [-0.4, -0.2) is 50.1 Å². The first-order valence-electron chi connectivity index (χ1n) is 4.81. The van der Waals surface area contributed by atoms with Gasteiger partial charge in [-0.2, -0.15) is 0 Å². The van der Waals surface area contributed by atoms with Gasteiger partial charge in [-0.1, -0.05) is 0 Å². The zero-order chi connectivity index (χ0) is 12.8. The maximum absolute atomic E-state index is 11.8. The normalized spacial score (nSPS) is 12.1. The van der Waals surface area contributed by atoms with E-state index in [4.69, 9.17) is 9.05 Å². The summed E-state index contributed by atoms with van der Waals surface area (Å²) >= 11 is 0. The Hall–Kier alpha value is -0.550. The summed E-state index contributed by atoms with van der Waals surface area (Å²) in [6, 6.07) is -0.0393. The van der Waals surface area contributed by atoms with E-state index in [0.717, 1.165) is 0 Å². The Morgan fingerprint density at radius 3 is 2.19 bits per heavy atom. The van der Waals surface area contributed by atoms with Crippen LogP contribution in [0.25, 0.3) is 0 Å². The van der Waals surface area contributed by atoms with Crippen LogP contribution in [0.2, 0.25) is 0 Å². The summed E-state index contributed by atoms with van der Waals surface area (Å²) in [7, 11) is -0.636. The second kappa shape index (κ2) is 6.91. The van der Waals surface area contributed by atoms with Crippen molar-refractivity contribution >= 4 is 19.7 Å². The summed E-state index contributed by atoms with van der Waals surface area (Å²) in [5.41, 5.74) is 0. The molecule has 0 aromatic rings. The Bertz CT molecular complexity index is 284. The molecule has 0 amide bonds. The fraction of sp³-hybridized carbons (Fsp3) is 0.778. The molecule has 94 valence electrons. The number of nitrogens with zero attached hydrogens (tertiary/aromatic N) is 1. The number of carbonyl (C=O) groups excluding carboxylic acids is 2. The molecule has 0 aliphatic rings. The number of hydrogen-bond acceptors (Lipinski definition) is 6. The fourth-order valence-electron chi connectivity index (χ4n) is 1.05. The summed E-state index contributed by atoms with van der Waals surface area (Å²) in [6.07, 6.45) is 0.233. The highest BCUT2D eigenvalue weighted by molar-refractivity contribution is 7.53. The van der Waals surface area contributed by atoms with Crippen LogP contribution in [0.5, 0.6) is 0 Å². The van der Waals surface area contributed by atoms with Crippen molar-refractivity contribution in [1.29, 1.82) is 0 Å². The molecule has 16 heavy (non-hydrogen) atoms. The van der Waals surface area contributed by atoms with Crippen LogP contribution in [0.3, 0.4) is 0 Å². The molecule has 0 aliphatic carbocycles. The third-order valence-corrected chi connectivity index (χ3v) is 3.95. The van der Waals surface area contributed by atoms with Crippen LogP contribution in [-0.2, 0) is 23.2 Å². The van der Waals surface area contributed by atoms with Crippen LogP contribution in [0.1, 0.15) is 13.8 Å². The monoisotopic (exact) mass is 251 g/mol. The standard InChI is InChI=1S/C9H18NO5P/c1-8(2)10(5-9(12)6-11)7-16(13,14-3)15-4/h6,8H,5,7H2,1-4H3. The second-order valence-electron chi connectivity index (χ2n) is 3.54. The molecule has 0 aliphatic heterocycles. The zero-order valence-corrected chi connectivity index (χ0v) is 10.9. The van der Waals surface area contributed by atoms with E-state index >= 15 is 0 Å². The first-order valence-corrected chi connectivity index (χ1v) is 6.54. The van der Waals surface area contributed by atoms with Gasteiger partial charge in [-0.05, 0) is 13.8 Å². The molecule has 0 saturated carbocycles. The maximum Gasteiger partial charge on any atom is 0.344 e. The molecule has 0 N–H and O–H groups in total. The van der Waals surface area contributed by atoms with Gasteiger partial charge in [0.1, 0.15) is 6.29 Å². The molecule has 6 nitrogen and oxygen atoms in total. The highest BCUT2D eigenvalue weighted by atomic mass is 31.2. The Balaban J connectivity index is 4.62. The summed E-state index contributed by atoms with van der Waals surface area (Å²) < 4.78 is 21.4. The summed E-state index contributed by atoms with van der Waals surface area (Å²) in [4.78, 5) is 22.8. The van der Waals surface area contributed by atoms with Crippen LogP contribution in [0, 0.1) is 0 Å². The predicted molar refractivity (Wildman–Crippen MR) is 59.4 cm³/mol. The molecule has 0 rings (SSSR count). The molecular weight excluding hydrogens is 233 g/mol. The third-order valence-electron chi connectivity index (χ3n) is 2.13. The topological polar surface area (TPSA) is 72.9 Å². The number of carbonyl (C=O) groups is 2. The molecule has 0 saturated heterocycles. The molecule has 0 radical (unpaired) electrons. The number of aldehydes is 1. The lowest BCUT2D eigenvalue weighted by molar-refractivity contribution is -0.130. The number of Topliss-reactive ketones (excluding diaryl/α,β-unsaturated/α-hetero) is 1. The van der Waals surface area contributed by atoms with Gasteiger partial charge in [-0.3, -0.25) is 19.1 Å². The van der Waals surface area contributed by atoms with Crippen molar-refractivity contribution in [3.8, 4) is 0 Å². The van der Waals surface area contributed by atoms with E-state index < -0.39 is 13.4 Å². The molecule has 0 heterocycles. The number of hydrogen-bond donors (Lipinski definition) is 0. The van der Waals surface area contributed by atoms with Gasteiger partial charge in [0.05, 0.1) is 6.54 Å². The average molecular weight is 251 g/mol. The van der Waals surface area contributed by atoms with E-state index in [2.05, 4.69) is 0 Å². The molecular formula is C9H18NO5P. The Kier molecular flexibility index (Phi) is 6.67. The predicted octanol–water partition coefficient (Wildman–Crippen LogP) is 0.908. The fourth-order valence-corrected chi connectivity index (χ4v) is 2.30. The lowest BCUT2D eigenvalue weighted by atomic mass is 10.3. The molecule has 0 bridgehead atoms. The summed E-state index contributed by atoms with van der Waals surface area (Å²) in [6.45, 7) is 3.57. The minimum absolute atomic E-state index is 0.0166. The van der Waals surface area contributed by atoms with Gasteiger partial charge in [-0.15, -0.1) is 0 Å². The van der Waals surface area contributed by atoms with Gasteiger partial charge in [0.2, 0.25) is 5.78 Å². The first-order chi connectivity index (χ1) is 7.38. The lowest BCUT2D eigenvalue weighted by Gasteiger charge is -2.27. The summed E-state index contributed by atoms with van der Waals surface area (Å²) in [5.74, 6) is -0.563. The van der Waals surface area contributed by atoms with Crippen molar-refractivity contribution in [2.45, 2.75) is 19.9 Å². The molecule has 0 aromatic carbocycles. The van der Waals surface area contributed by atoms with Gasteiger partial charge in [0.15, 0.2) is 6.29 Å². The minimum Gasteiger partial charge on any atom is -0.311 e. The van der Waals surface area contributed by atoms with Crippen LogP contribution < -0.4 is 0 Å². The molecule has 0 aromatic heterocycles. The van der Waals surface area contributed by atoms with Gasteiger partial charge >= 0.3 is 7.60 Å². The van der Waals surface area contributed by atoms with Gasteiger partial charge in [-0.25, -0.2) is 0 Å². The molecule has 0 atom stereocenters. The van der Waals surface area contributed by atoms with E-state index in [1.165, 1.54) is 14.2 Å². The van der Waals surface area contributed by atoms with E-state index in [1.54, 1.807) is 4.90 Å². The van der Waals surface area contributed by atoms with E-state index in [9.17, 15) is 14.2 Å². The Labute approximate surface area is 95.4 Å². The van der Waals surface area contributed by atoms with Gasteiger partial charge < -0.3 is 9.05 Å². The van der Waals surface area contributed by atoms with Crippen molar-refractivity contribution in [1.82, 2.24) is 4.90 Å². The SMILES string of the molecule is COP(=O)(CN(CC(=O)C=O)C(C)C)OC. The van der Waals surface area contributed by atoms with E-state index in [0.29, 0.717) is 0 Å². The smallest absolute Gasteiger partial charge is 0.311 e. The maximum atomic E-state index is 11.8. The van der Waals surface area contributed by atoms with Crippen molar-refractivity contribution in [2.75, 3.05) is 27.1 Å². The molecule has 0 fully saturated rings. The Morgan fingerprint density at radius 2 is 1.88 bits per heavy atom. The molecule has 0 unspecified atom stereocenters. The average Bonchev–Trinajstić information content (AvgIpc) is 2.27. The van der Waals surface area contributed by atoms with Gasteiger partial charge in [0.25, 0.3) is 0 Å². The lowest BCUT2D eigenvalue weighted by Crippen LogP contribution is -2.37. The zero-order valence-electron chi connectivity index (χ0n) is 10.0. The molecule has 0 spiro atoms. The van der Waals surface area contributed by atoms with Crippen LogP contribution >= 0.6 is 7.60 Å². The van der Waals surface area contributed by atoms with E-state index in [1.807, 2.05) is 13.8 Å². The van der Waals surface area contributed by atoms with Crippen molar-refractivity contribution < 1.29 is 23.2 Å². The molecule has 7 heteroatoms. The van der Waals surface area contributed by atoms with Crippen LogP contribution in [0.15, 0.2) is 0 Å². The third kappa shape index (κ3) is 4.99. The van der Waals surface area contributed by atoms with E-state index in [-0.39, 0.29) is 25.2 Å². The number of rotatable bonds is 8. The van der Waals surface area contributed by atoms with Crippen molar-refractivity contribution in [3.05, 3.63) is 0 Å². The summed E-state index contributed by atoms with van der Waals surface area (Å²) in [5, 5.41) is 0. The van der Waals surface area contributed by atoms with Gasteiger partial charge in [0, 0.05) is 20.3 Å². The van der Waals surface area contributed by atoms with Crippen molar-refractivity contribution in [2.24, 2.45) is 0 Å². The first kappa shape index (κ1) is 15.4. The van der Waals surface area contributed by atoms with Crippen molar-refractivity contribution in [3.63, 3.8) is 0 Å². The quantitative estimate of drug-likeness (QED) is 0.362. The Morgan fingerprint density at radius 1 is 1.38 bits per heavy atom. The largest absolute Gasteiger partial charge is 0.344 e. The highest BCUT2D eigenvalue weighted by Crippen LogP contribution is 2.46.